The Morgan fingerprint density at radius 1 is 0.741 bits per heavy atom. The molecule has 1 amide bonds. The fourth-order valence-electron chi connectivity index (χ4n) is 5.71. The Morgan fingerprint density at radius 3 is 1.84 bits per heavy atom. The molecule has 58 heavy (non-hydrogen) atoms. The van der Waals surface area contributed by atoms with Gasteiger partial charge in [-0.15, -0.1) is 0 Å². The second-order valence-corrected chi connectivity index (χ2v) is 13.1. The SMILES string of the molecule is COC(=O)[C@@H]1O[C@@H](O[C@H]2[C@@H](OC(C)=O)[C@@H](COC(C)=O)OC(O)[C@@H]2NC(=O)C(F)(F)F)[C@H](OC(=O)CCC(C)=O)[C@@H](OCc2ccccc2)[C@@H]1OC(=O)CCC(C)=O. The molecule has 2 fully saturated rings. The number of carbonyl (C=O) groups excluding carboxylic acids is 8. The summed E-state index contributed by atoms with van der Waals surface area (Å²) in [6.45, 7) is 3.08. The lowest BCUT2D eigenvalue weighted by molar-refractivity contribution is -0.343. The number of methoxy groups -OCH3 is 1. The first-order chi connectivity index (χ1) is 27.2. The highest BCUT2D eigenvalue weighted by Gasteiger charge is 2.58. The van der Waals surface area contributed by atoms with Crippen molar-refractivity contribution in [2.45, 2.75) is 128 Å². The quantitative estimate of drug-likeness (QED) is 0.152. The monoisotopic (exact) mass is 835 g/mol. The van der Waals surface area contributed by atoms with Gasteiger partial charge in [-0.25, -0.2) is 4.79 Å². The molecule has 2 heterocycles. The van der Waals surface area contributed by atoms with Crippen LogP contribution in [0.25, 0.3) is 0 Å². The lowest BCUT2D eigenvalue weighted by Gasteiger charge is -2.48. The molecule has 0 aliphatic carbocycles. The summed E-state index contributed by atoms with van der Waals surface area (Å²) in [6, 6.07) is 5.87. The van der Waals surface area contributed by atoms with Gasteiger partial charge in [0.15, 0.2) is 37.0 Å². The molecule has 0 aromatic heterocycles. The van der Waals surface area contributed by atoms with Gasteiger partial charge in [-0.05, 0) is 19.4 Å². The number of nitrogens with one attached hydrogen (secondary N) is 1. The normalized spacial score (nSPS) is 27.0. The number of benzene rings is 1. The molecular formula is C36H44F3NO18. The number of rotatable bonds is 18. The lowest BCUT2D eigenvalue weighted by atomic mass is 9.94. The van der Waals surface area contributed by atoms with E-state index in [-0.39, 0.29) is 19.4 Å². The van der Waals surface area contributed by atoms with Crippen molar-refractivity contribution in [3.8, 4) is 0 Å². The maximum atomic E-state index is 13.6. The number of esters is 5. The summed E-state index contributed by atoms with van der Waals surface area (Å²) in [5, 5.41) is 12.5. The molecule has 0 saturated carbocycles. The number of halogens is 3. The number of alkyl halides is 3. The third kappa shape index (κ3) is 14.1. The van der Waals surface area contributed by atoms with Gasteiger partial charge in [-0.1, -0.05) is 30.3 Å². The van der Waals surface area contributed by atoms with E-state index in [0.29, 0.717) is 5.56 Å². The molecule has 1 aromatic rings. The largest absolute Gasteiger partial charge is 0.471 e. The first kappa shape index (κ1) is 47.3. The minimum Gasteiger partial charge on any atom is -0.467 e. The van der Waals surface area contributed by atoms with Crippen molar-refractivity contribution in [1.29, 1.82) is 0 Å². The van der Waals surface area contributed by atoms with Gasteiger partial charge in [0.1, 0.15) is 42.5 Å². The van der Waals surface area contributed by atoms with Crippen molar-refractivity contribution in [3.05, 3.63) is 35.9 Å². The molecule has 1 aromatic carbocycles. The zero-order valence-corrected chi connectivity index (χ0v) is 31.9. The average molecular weight is 836 g/mol. The third-order valence-corrected chi connectivity index (χ3v) is 8.38. The average Bonchev–Trinajstić information content (AvgIpc) is 3.14. The fourth-order valence-corrected chi connectivity index (χ4v) is 5.71. The highest BCUT2D eigenvalue weighted by Crippen LogP contribution is 2.35. The van der Waals surface area contributed by atoms with Crippen LogP contribution in [0.2, 0.25) is 0 Å². The predicted octanol–water partition coefficient (Wildman–Crippen LogP) is 0.676. The van der Waals surface area contributed by atoms with Gasteiger partial charge in [-0.3, -0.25) is 24.0 Å². The van der Waals surface area contributed by atoms with E-state index < -0.39 is 134 Å². The van der Waals surface area contributed by atoms with E-state index in [1.54, 1.807) is 30.3 Å². The van der Waals surface area contributed by atoms with E-state index in [2.05, 4.69) is 0 Å². The van der Waals surface area contributed by atoms with Gasteiger partial charge < -0.3 is 62.6 Å². The van der Waals surface area contributed by atoms with E-state index in [0.717, 1.165) is 21.0 Å². The first-order valence-corrected chi connectivity index (χ1v) is 17.7. The molecule has 322 valence electrons. The third-order valence-electron chi connectivity index (χ3n) is 8.38. The molecule has 19 nitrogen and oxygen atoms in total. The summed E-state index contributed by atoms with van der Waals surface area (Å²) >= 11 is 0. The van der Waals surface area contributed by atoms with Crippen LogP contribution in [0.15, 0.2) is 30.3 Å². The second kappa shape index (κ2) is 21.6. The molecular weight excluding hydrogens is 791 g/mol. The van der Waals surface area contributed by atoms with E-state index in [1.165, 1.54) is 19.2 Å². The van der Waals surface area contributed by atoms with Crippen LogP contribution in [0.3, 0.4) is 0 Å². The van der Waals surface area contributed by atoms with E-state index in [4.69, 9.17) is 42.6 Å². The number of aliphatic hydroxyl groups excluding tert-OH is 1. The molecule has 2 aliphatic rings. The van der Waals surface area contributed by atoms with Crippen LogP contribution in [-0.2, 0) is 87.6 Å². The molecule has 3 rings (SSSR count). The highest BCUT2D eigenvalue weighted by molar-refractivity contribution is 5.83. The molecule has 2 N–H and O–H groups in total. The van der Waals surface area contributed by atoms with Crippen molar-refractivity contribution in [2.75, 3.05) is 13.7 Å². The Kier molecular flexibility index (Phi) is 17.7. The van der Waals surface area contributed by atoms with Crippen LogP contribution in [-0.4, -0.2) is 134 Å². The number of amides is 1. The molecule has 2 aliphatic heterocycles. The zero-order valence-electron chi connectivity index (χ0n) is 31.9. The van der Waals surface area contributed by atoms with E-state index in [1.807, 2.05) is 0 Å². The summed E-state index contributed by atoms with van der Waals surface area (Å²) in [7, 11) is 0.914. The standard InChI is InChI=1S/C36H44F3NO18/c1-17(41)11-13-23(45)55-29-28(52-15-21-9-7-6-8-10-21)31(56-24(46)14-12-18(2)42)34(58-30(29)33(48)50-5)57-27-25(40-35(49)36(37,38)39)32(47)54-22(16-51-19(3)43)26(27)53-20(4)44/h6-10,22,25-32,34,47H,11-16H2,1-5H3,(H,40,49)/t22-,25-,26+,27-,28+,29+,30-,31-,32?,34-/m1/s1. The van der Waals surface area contributed by atoms with Crippen molar-refractivity contribution < 1.29 is 99.3 Å². The Morgan fingerprint density at radius 2 is 1.33 bits per heavy atom. The van der Waals surface area contributed by atoms with Crippen LogP contribution in [0.4, 0.5) is 13.2 Å². The number of ether oxygens (including phenoxy) is 9. The van der Waals surface area contributed by atoms with Gasteiger partial charge in [-0.2, -0.15) is 13.2 Å². The van der Waals surface area contributed by atoms with Crippen molar-refractivity contribution in [1.82, 2.24) is 5.32 Å². The number of hydrogen-bond acceptors (Lipinski definition) is 18. The van der Waals surface area contributed by atoms with E-state index >= 15 is 0 Å². The number of hydrogen-bond donors (Lipinski definition) is 2. The van der Waals surface area contributed by atoms with Crippen LogP contribution in [0.5, 0.6) is 0 Å². The number of aliphatic hydroxyl groups is 1. The fraction of sp³-hybridized carbons (Fsp3) is 0.611. The zero-order chi connectivity index (χ0) is 43.3. The minimum absolute atomic E-state index is 0.288. The molecule has 0 spiro atoms. The Hall–Kier alpha value is -5.03. The highest BCUT2D eigenvalue weighted by atomic mass is 19.4. The molecule has 0 radical (unpaired) electrons. The smallest absolute Gasteiger partial charge is 0.467 e. The Balaban J connectivity index is 2.25. The first-order valence-electron chi connectivity index (χ1n) is 17.7. The van der Waals surface area contributed by atoms with Gasteiger partial charge in [0.25, 0.3) is 0 Å². The minimum atomic E-state index is -5.56. The van der Waals surface area contributed by atoms with Gasteiger partial charge >= 0.3 is 41.9 Å². The number of Topliss-reactive ketones (excluding diaryl/α,β-unsaturated/α-hetero) is 2. The van der Waals surface area contributed by atoms with Crippen LogP contribution >= 0.6 is 0 Å². The summed E-state index contributed by atoms with van der Waals surface area (Å²) in [5.41, 5.74) is 0.482. The maximum Gasteiger partial charge on any atom is 0.471 e. The maximum absolute atomic E-state index is 13.6. The number of carbonyl (C=O) groups is 8. The summed E-state index contributed by atoms with van der Waals surface area (Å²) in [4.78, 5) is 99.5. The summed E-state index contributed by atoms with van der Waals surface area (Å²) in [6.07, 6.45) is -25.5. The number of ketones is 2. The lowest BCUT2D eigenvalue weighted by Crippen LogP contribution is -2.70. The van der Waals surface area contributed by atoms with Crippen LogP contribution < -0.4 is 5.32 Å². The van der Waals surface area contributed by atoms with Crippen LogP contribution in [0.1, 0.15) is 58.9 Å². The molecule has 22 heteroatoms. The van der Waals surface area contributed by atoms with Gasteiger partial charge in [0.2, 0.25) is 0 Å². The van der Waals surface area contributed by atoms with Gasteiger partial charge in [0.05, 0.1) is 26.6 Å². The van der Waals surface area contributed by atoms with Crippen molar-refractivity contribution in [3.63, 3.8) is 0 Å². The summed E-state index contributed by atoms with van der Waals surface area (Å²) < 4.78 is 90.6. The molecule has 10 atom stereocenters. The van der Waals surface area contributed by atoms with Crippen molar-refractivity contribution in [2.24, 2.45) is 0 Å². The molecule has 1 unspecified atom stereocenters. The van der Waals surface area contributed by atoms with Crippen molar-refractivity contribution >= 4 is 47.3 Å². The van der Waals surface area contributed by atoms with Crippen LogP contribution in [0, 0.1) is 0 Å². The second-order valence-electron chi connectivity index (χ2n) is 13.1. The Bertz CT molecular complexity index is 1640. The predicted molar refractivity (Wildman–Crippen MR) is 181 cm³/mol. The Labute approximate surface area is 329 Å². The topological polar surface area (TPSA) is 252 Å². The molecule has 2 saturated heterocycles. The molecule has 0 bridgehead atoms. The van der Waals surface area contributed by atoms with Gasteiger partial charge in [0, 0.05) is 26.7 Å². The van der Waals surface area contributed by atoms with E-state index in [9.17, 15) is 56.6 Å². The summed E-state index contributed by atoms with van der Waals surface area (Å²) in [5.74, 6) is -8.92.